The fraction of sp³-hybridized carbons (Fsp3) is 0.200. The van der Waals surface area contributed by atoms with E-state index in [9.17, 15) is 0 Å². The summed E-state index contributed by atoms with van der Waals surface area (Å²) in [4.78, 5) is 0. The van der Waals surface area contributed by atoms with Crippen molar-refractivity contribution in [1.82, 2.24) is 0 Å². The lowest BCUT2D eigenvalue weighted by Crippen LogP contribution is -2.11. The van der Waals surface area contributed by atoms with Crippen molar-refractivity contribution in [3.63, 3.8) is 0 Å². The Kier molecular flexibility index (Phi) is 3.91. The van der Waals surface area contributed by atoms with Crippen LogP contribution in [0.3, 0.4) is 0 Å². The summed E-state index contributed by atoms with van der Waals surface area (Å²) in [5.74, 6) is 0. The molecule has 0 aliphatic heterocycles. The first kappa shape index (κ1) is 11.8. The Hall–Kier alpha value is -1.64. The van der Waals surface area contributed by atoms with Crippen LogP contribution in [0.1, 0.15) is 18.0 Å². The van der Waals surface area contributed by atoms with Crippen molar-refractivity contribution in [3.8, 4) is 11.1 Å². The molecule has 1 atom stereocenters. The van der Waals surface area contributed by atoms with Gasteiger partial charge in [0.15, 0.2) is 0 Å². The minimum atomic E-state index is -0.0938. The van der Waals surface area contributed by atoms with Crippen LogP contribution < -0.4 is 5.73 Å². The fourth-order valence-electron chi connectivity index (χ4n) is 1.89. The molecular formula is C15H17NO. The van der Waals surface area contributed by atoms with Gasteiger partial charge < -0.3 is 10.8 Å². The SMILES string of the molecule is N[C@H](CCO)c1cccc(-c2ccccc2)c1. The molecule has 2 nitrogen and oxygen atoms in total. The Labute approximate surface area is 102 Å². The monoisotopic (exact) mass is 227 g/mol. The van der Waals surface area contributed by atoms with Gasteiger partial charge in [0.25, 0.3) is 0 Å². The molecule has 0 fully saturated rings. The number of hydrogen-bond acceptors (Lipinski definition) is 2. The molecule has 17 heavy (non-hydrogen) atoms. The molecule has 3 N–H and O–H groups in total. The summed E-state index contributed by atoms with van der Waals surface area (Å²) in [5.41, 5.74) is 9.41. The smallest absolute Gasteiger partial charge is 0.0449 e. The van der Waals surface area contributed by atoms with Crippen molar-refractivity contribution >= 4 is 0 Å². The van der Waals surface area contributed by atoms with Gasteiger partial charge in [0, 0.05) is 12.6 Å². The van der Waals surface area contributed by atoms with Gasteiger partial charge in [-0.25, -0.2) is 0 Å². The third-order valence-electron chi connectivity index (χ3n) is 2.86. The third kappa shape index (κ3) is 2.93. The molecule has 0 aromatic heterocycles. The van der Waals surface area contributed by atoms with E-state index in [0.717, 1.165) is 11.1 Å². The van der Waals surface area contributed by atoms with Crippen LogP contribution in [0.4, 0.5) is 0 Å². The number of nitrogens with two attached hydrogens (primary N) is 1. The van der Waals surface area contributed by atoms with E-state index in [1.165, 1.54) is 5.56 Å². The fourth-order valence-corrected chi connectivity index (χ4v) is 1.89. The largest absolute Gasteiger partial charge is 0.396 e. The Morgan fingerprint density at radius 2 is 1.65 bits per heavy atom. The van der Waals surface area contributed by atoms with Crippen molar-refractivity contribution in [1.29, 1.82) is 0 Å². The summed E-state index contributed by atoms with van der Waals surface area (Å²) < 4.78 is 0. The Bertz CT molecular complexity index is 467. The molecule has 0 unspecified atom stereocenters. The van der Waals surface area contributed by atoms with Crippen LogP contribution in [0.25, 0.3) is 11.1 Å². The van der Waals surface area contributed by atoms with Gasteiger partial charge in [0.2, 0.25) is 0 Å². The molecule has 0 radical (unpaired) electrons. The van der Waals surface area contributed by atoms with E-state index in [2.05, 4.69) is 24.3 Å². The van der Waals surface area contributed by atoms with Crippen LogP contribution in [-0.4, -0.2) is 11.7 Å². The normalized spacial score (nSPS) is 12.4. The topological polar surface area (TPSA) is 46.2 Å². The maximum atomic E-state index is 8.90. The Morgan fingerprint density at radius 1 is 0.941 bits per heavy atom. The molecule has 0 aliphatic carbocycles. The number of hydrogen-bond donors (Lipinski definition) is 2. The molecule has 88 valence electrons. The Morgan fingerprint density at radius 3 is 2.35 bits per heavy atom. The lowest BCUT2D eigenvalue weighted by atomic mass is 9.99. The van der Waals surface area contributed by atoms with E-state index in [1.54, 1.807) is 0 Å². The maximum absolute atomic E-state index is 8.90. The minimum Gasteiger partial charge on any atom is -0.396 e. The predicted octanol–water partition coefficient (Wildman–Crippen LogP) is 2.74. The van der Waals surface area contributed by atoms with E-state index in [0.29, 0.717) is 6.42 Å². The quantitative estimate of drug-likeness (QED) is 0.843. The zero-order chi connectivity index (χ0) is 12.1. The van der Waals surface area contributed by atoms with E-state index in [-0.39, 0.29) is 12.6 Å². The molecule has 0 bridgehead atoms. The molecule has 2 heteroatoms. The standard InChI is InChI=1S/C15H17NO/c16-15(9-10-17)14-8-4-7-13(11-14)12-5-2-1-3-6-12/h1-8,11,15,17H,9-10,16H2/t15-/m1/s1. The Balaban J connectivity index is 2.29. The van der Waals surface area contributed by atoms with Gasteiger partial charge in [-0.2, -0.15) is 0 Å². The zero-order valence-electron chi connectivity index (χ0n) is 9.71. The zero-order valence-corrected chi connectivity index (χ0v) is 9.71. The first-order valence-corrected chi connectivity index (χ1v) is 5.83. The summed E-state index contributed by atoms with van der Waals surface area (Å²) in [6.07, 6.45) is 0.595. The molecular weight excluding hydrogens is 210 g/mol. The second-order valence-electron chi connectivity index (χ2n) is 4.11. The summed E-state index contributed by atoms with van der Waals surface area (Å²) in [5, 5.41) is 8.90. The predicted molar refractivity (Wildman–Crippen MR) is 70.5 cm³/mol. The average Bonchev–Trinajstić information content (AvgIpc) is 2.40. The van der Waals surface area contributed by atoms with Gasteiger partial charge >= 0.3 is 0 Å². The van der Waals surface area contributed by atoms with Crippen LogP contribution in [-0.2, 0) is 0 Å². The average molecular weight is 227 g/mol. The molecule has 0 heterocycles. The highest BCUT2D eigenvalue weighted by molar-refractivity contribution is 5.64. The van der Waals surface area contributed by atoms with E-state index < -0.39 is 0 Å². The minimum absolute atomic E-state index is 0.0938. The van der Waals surface area contributed by atoms with E-state index in [1.807, 2.05) is 30.3 Å². The molecule has 0 saturated carbocycles. The number of benzene rings is 2. The highest BCUT2D eigenvalue weighted by Gasteiger charge is 2.06. The van der Waals surface area contributed by atoms with Crippen LogP contribution in [0.15, 0.2) is 54.6 Å². The summed E-state index contributed by atoms with van der Waals surface area (Å²) in [6, 6.07) is 18.3. The second-order valence-corrected chi connectivity index (χ2v) is 4.11. The van der Waals surface area contributed by atoms with Gasteiger partial charge in [-0.1, -0.05) is 48.5 Å². The highest BCUT2D eigenvalue weighted by Crippen LogP contribution is 2.23. The lowest BCUT2D eigenvalue weighted by Gasteiger charge is -2.12. The van der Waals surface area contributed by atoms with Gasteiger partial charge in [0.1, 0.15) is 0 Å². The highest BCUT2D eigenvalue weighted by atomic mass is 16.3. The maximum Gasteiger partial charge on any atom is 0.0449 e. The van der Waals surface area contributed by atoms with Crippen molar-refractivity contribution in [3.05, 3.63) is 60.2 Å². The van der Waals surface area contributed by atoms with Crippen LogP contribution in [0, 0.1) is 0 Å². The third-order valence-corrected chi connectivity index (χ3v) is 2.86. The van der Waals surface area contributed by atoms with Crippen molar-refractivity contribution in [2.75, 3.05) is 6.61 Å². The summed E-state index contributed by atoms with van der Waals surface area (Å²) >= 11 is 0. The summed E-state index contributed by atoms with van der Waals surface area (Å²) in [7, 11) is 0. The number of aliphatic hydroxyl groups is 1. The van der Waals surface area contributed by atoms with Crippen LogP contribution in [0.2, 0.25) is 0 Å². The van der Waals surface area contributed by atoms with Crippen molar-refractivity contribution in [2.24, 2.45) is 5.73 Å². The number of aliphatic hydroxyl groups excluding tert-OH is 1. The van der Waals surface area contributed by atoms with Gasteiger partial charge in [-0.05, 0) is 29.2 Å². The molecule has 0 aliphatic rings. The molecule has 2 rings (SSSR count). The van der Waals surface area contributed by atoms with E-state index in [4.69, 9.17) is 10.8 Å². The van der Waals surface area contributed by atoms with Gasteiger partial charge in [-0.15, -0.1) is 0 Å². The molecule has 0 amide bonds. The van der Waals surface area contributed by atoms with Crippen LogP contribution in [0.5, 0.6) is 0 Å². The van der Waals surface area contributed by atoms with Gasteiger partial charge in [-0.3, -0.25) is 0 Å². The molecule has 0 saturated heterocycles. The molecule has 0 spiro atoms. The first-order chi connectivity index (χ1) is 8.31. The first-order valence-electron chi connectivity index (χ1n) is 5.83. The molecule has 2 aromatic carbocycles. The number of rotatable bonds is 4. The molecule has 2 aromatic rings. The summed E-state index contributed by atoms with van der Waals surface area (Å²) in [6.45, 7) is 0.122. The lowest BCUT2D eigenvalue weighted by molar-refractivity contribution is 0.276. The second kappa shape index (κ2) is 5.62. The van der Waals surface area contributed by atoms with Crippen molar-refractivity contribution < 1.29 is 5.11 Å². The van der Waals surface area contributed by atoms with E-state index >= 15 is 0 Å². The van der Waals surface area contributed by atoms with Gasteiger partial charge in [0.05, 0.1) is 0 Å². The van der Waals surface area contributed by atoms with Crippen molar-refractivity contribution in [2.45, 2.75) is 12.5 Å². The van der Waals surface area contributed by atoms with Crippen LogP contribution >= 0.6 is 0 Å².